The highest BCUT2D eigenvalue weighted by Crippen LogP contribution is 2.19. The fourth-order valence-corrected chi connectivity index (χ4v) is 2.81. The molecule has 106 valence electrons. The third kappa shape index (κ3) is 4.28. The Balaban J connectivity index is 1.85. The maximum atomic E-state index is 6.28. The largest absolute Gasteiger partial charge is 0.378 e. The van der Waals surface area contributed by atoms with Gasteiger partial charge in [-0.1, -0.05) is 35.0 Å². The molecule has 1 aliphatic heterocycles. The van der Waals surface area contributed by atoms with Gasteiger partial charge in [0, 0.05) is 29.6 Å². The maximum Gasteiger partial charge on any atom is 0.0622 e. The second kappa shape index (κ2) is 7.39. The molecule has 1 aliphatic rings. The molecule has 3 nitrogen and oxygen atoms in total. The van der Waals surface area contributed by atoms with Gasteiger partial charge in [-0.05, 0) is 30.5 Å². The smallest absolute Gasteiger partial charge is 0.0622 e. The monoisotopic (exact) mass is 326 g/mol. The van der Waals surface area contributed by atoms with E-state index in [9.17, 15) is 0 Å². The summed E-state index contributed by atoms with van der Waals surface area (Å²) in [6.45, 7) is 6.03. The average molecular weight is 327 g/mol. The van der Waals surface area contributed by atoms with Crippen LogP contribution >= 0.6 is 15.9 Å². The Bertz CT molecular complexity index is 382. The first-order valence-corrected chi connectivity index (χ1v) is 7.83. The van der Waals surface area contributed by atoms with E-state index < -0.39 is 0 Å². The van der Waals surface area contributed by atoms with Gasteiger partial charge >= 0.3 is 0 Å². The fraction of sp³-hybridized carbons (Fsp3) is 0.600. The number of nitrogens with two attached hydrogens (primary N) is 1. The lowest BCUT2D eigenvalue weighted by Gasteiger charge is -2.35. The summed E-state index contributed by atoms with van der Waals surface area (Å²) >= 11 is 3.45. The fourth-order valence-electron chi connectivity index (χ4n) is 2.54. The minimum absolute atomic E-state index is 0.119. The summed E-state index contributed by atoms with van der Waals surface area (Å²) < 4.78 is 6.63. The molecule has 2 rings (SSSR count). The minimum Gasteiger partial charge on any atom is -0.378 e. The van der Waals surface area contributed by atoms with E-state index in [2.05, 4.69) is 52.0 Å². The van der Waals surface area contributed by atoms with Crippen LogP contribution in [0.5, 0.6) is 0 Å². The SMILES string of the molecule is CCC1COCCN1CCC(N)c1ccc(Br)cc1. The maximum absolute atomic E-state index is 6.28. The summed E-state index contributed by atoms with van der Waals surface area (Å²) in [5.74, 6) is 0. The van der Waals surface area contributed by atoms with Gasteiger partial charge in [0.05, 0.1) is 13.2 Å². The molecular weight excluding hydrogens is 304 g/mol. The highest BCUT2D eigenvalue weighted by atomic mass is 79.9. The van der Waals surface area contributed by atoms with Gasteiger partial charge < -0.3 is 10.5 Å². The molecule has 1 aromatic rings. The summed E-state index contributed by atoms with van der Waals surface area (Å²) in [7, 11) is 0. The molecule has 0 saturated carbocycles. The van der Waals surface area contributed by atoms with Crippen molar-refractivity contribution in [1.82, 2.24) is 4.90 Å². The highest BCUT2D eigenvalue weighted by molar-refractivity contribution is 9.10. The molecule has 1 aromatic carbocycles. The van der Waals surface area contributed by atoms with E-state index in [1.165, 1.54) is 5.56 Å². The van der Waals surface area contributed by atoms with E-state index in [4.69, 9.17) is 10.5 Å². The van der Waals surface area contributed by atoms with E-state index >= 15 is 0 Å². The lowest BCUT2D eigenvalue weighted by atomic mass is 10.0. The molecule has 1 fully saturated rings. The lowest BCUT2D eigenvalue weighted by molar-refractivity contribution is -0.00964. The molecule has 2 unspecified atom stereocenters. The van der Waals surface area contributed by atoms with Crippen LogP contribution in [0.2, 0.25) is 0 Å². The molecule has 2 atom stereocenters. The Kier molecular flexibility index (Phi) is 5.82. The van der Waals surface area contributed by atoms with Crippen molar-refractivity contribution >= 4 is 15.9 Å². The van der Waals surface area contributed by atoms with Gasteiger partial charge in [-0.3, -0.25) is 4.90 Å². The second-order valence-corrected chi connectivity index (χ2v) is 6.04. The van der Waals surface area contributed by atoms with Crippen molar-refractivity contribution in [1.29, 1.82) is 0 Å². The van der Waals surface area contributed by atoms with E-state index in [0.29, 0.717) is 6.04 Å². The molecule has 0 amide bonds. The number of ether oxygens (including phenoxy) is 1. The number of morpholine rings is 1. The van der Waals surface area contributed by atoms with E-state index in [-0.39, 0.29) is 6.04 Å². The molecular formula is C15H23BrN2O. The van der Waals surface area contributed by atoms with Crippen LogP contribution in [0.1, 0.15) is 31.4 Å². The van der Waals surface area contributed by atoms with Gasteiger partial charge in [-0.25, -0.2) is 0 Å². The third-order valence-corrected chi connectivity index (χ3v) is 4.37. The first-order valence-electron chi connectivity index (χ1n) is 7.03. The molecule has 0 spiro atoms. The molecule has 19 heavy (non-hydrogen) atoms. The Hall–Kier alpha value is -0.420. The van der Waals surface area contributed by atoms with Crippen LogP contribution in [0.25, 0.3) is 0 Å². The normalized spacial score (nSPS) is 22.4. The van der Waals surface area contributed by atoms with Crippen molar-refractivity contribution in [3.8, 4) is 0 Å². The third-order valence-electron chi connectivity index (χ3n) is 3.85. The predicted molar refractivity (Wildman–Crippen MR) is 82.2 cm³/mol. The molecule has 0 radical (unpaired) electrons. The number of nitrogens with zero attached hydrogens (tertiary/aromatic N) is 1. The van der Waals surface area contributed by atoms with Gasteiger partial charge in [0.2, 0.25) is 0 Å². The summed E-state index contributed by atoms with van der Waals surface area (Å²) in [5.41, 5.74) is 7.49. The van der Waals surface area contributed by atoms with Crippen molar-refractivity contribution < 1.29 is 4.74 Å². The minimum atomic E-state index is 0.119. The van der Waals surface area contributed by atoms with Crippen LogP contribution in [0, 0.1) is 0 Å². The lowest BCUT2D eigenvalue weighted by Crippen LogP contribution is -2.45. The Labute approximate surface area is 124 Å². The zero-order valence-electron chi connectivity index (χ0n) is 11.5. The second-order valence-electron chi connectivity index (χ2n) is 5.12. The van der Waals surface area contributed by atoms with Crippen LogP contribution in [-0.4, -0.2) is 37.2 Å². The molecule has 0 bridgehead atoms. The standard InChI is InChI=1S/C15H23BrN2O/c1-2-14-11-19-10-9-18(14)8-7-15(17)12-3-5-13(16)6-4-12/h3-6,14-15H,2,7-11,17H2,1H3. The van der Waals surface area contributed by atoms with Crippen molar-refractivity contribution in [2.45, 2.75) is 31.8 Å². The summed E-state index contributed by atoms with van der Waals surface area (Å²) in [6.07, 6.45) is 2.14. The van der Waals surface area contributed by atoms with Crippen LogP contribution < -0.4 is 5.73 Å². The number of hydrogen-bond donors (Lipinski definition) is 1. The highest BCUT2D eigenvalue weighted by Gasteiger charge is 2.21. The zero-order chi connectivity index (χ0) is 13.7. The number of benzene rings is 1. The van der Waals surface area contributed by atoms with Gasteiger partial charge in [0.15, 0.2) is 0 Å². The number of rotatable bonds is 5. The Morgan fingerprint density at radius 1 is 1.42 bits per heavy atom. The first kappa shape index (κ1) is 15.0. The van der Waals surface area contributed by atoms with Crippen LogP contribution in [0.3, 0.4) is 0 Å². The van der Waals surface area contributed by atoms with E-state index in [1.807, 2.05) is 0 Å². The van der Waals surface area contributed by atoms with E-state index in [1.54, 1.807) is 0 Å². The van der Waals surface area contributed by atoms with Crippen LogP contribution in [0.4, 0.5) is 0 Å². The van der Waals surface area contributed by atoms with Crippen molar-refractivity contribution in [2.24, 2.45) is 5.73 Å². The quantitative estimate of drug-likeness (QED) is 0.904. The first-order chi connectivity index (χ1) is 9.20. The van der Waals surface area contributed by atoms with Gasteiger partial charge in [-0.15, -0.1) is 0 Å². The van der Waals surface area contributed by atoms with Crippen LogP contribution in [-0.2, 0) is 4.74 Å². The van der Waals surface area contributed by atoms with Crippen molar-refractivity contribution in [3.05, 3.63) is 34.3 Å². The Morgan fingerprint density at radius 3 is 2.84 bits per heavy atom. The van der Waals surface area contributed by atoms with Crippen molar-refractivity contribution in [2.75, 3.05) is 26.3 Å². The predicted octanol–water partition coefficient (Wildman–Crippen LogP) is 2.95. The Morgan fingerprint density at radius 2 is 2.16 bits per heavy atom. The van der Waals surface area contributed by atoms with Gasteiger partial charge in [-0.2, -0.15) is 0 Å². The number of hydrogen-bond acceptors (Lipinski definition) is 3. The summed E-state index contributed by atoms with van der Waals surface area (Å²) in [5, 5.41) is 0. The van der Waals surface area contributed by atoms with Gasteiger partial charge in [0.25, 0.3) is 0 Å². The molecule has 1 saturated heterocycles. The molecule has 4 heteroatoms. The van der Waals surface area contributed by atoms with Crippen LogP contribution in [0.15, 0.2) is 28.7 Å². The molecule has 2 N–H and O–H groups in total. The molecule has 0 aromatic heterocycles. The summed E-state index contributed by atoms with van der Waals surface area (Å²) in [6, 6.07) is 8.99. The number of halogens is 1. The topological polar surface area (TPSA) is 38.5 Å². The van der Waals surface area contributed by atoms with Gasteiger partial charge in [0.1, 0.15) is 0 Å². The van der Waals surface area contributed by atoms with Crippen molar-refractivity contribution in [3.63, 3.8) is 0 Å². The average Bonchev–Trinajstić information content (AvgIpc) is 2.45. The molecule has 0 aliphatic carbocycles. The summed E-state index contributed by atoms with van der Waals surface area (Å²) in [4.78, 5) is 2.52. The molecule has 1 heterocycles. The van der Waals surface area contributed by atoms with E-state index in [0.717, 1.165) is 43.6 Å². The zero-order valence-corrected chi connectivity index (χ0v) is 13.1.